The first kappa shape index (κ1) is 16.3. The van der Waals surface area contributed by atoms with Crippen molar-refractivity contribution in [2.24, 2.45) is 0 Å². The molecular formula is C20H15ClN4O. The number of nitrogens with zero attached hydrogens (tertiary/aromatic N) is 2. The fourth-order valence-corrected chi connectivity index (χ4v) is 2.97. The van der Waals surface area contributed by atoms with E-state index in [2.05, 4.69) is 20.3 Å². The number of H-pyrrole nitrogens is 1. The Kier molecular flexibility index (Phi) is 4.14. The van der Waals surface area contributed by atoms with Crippen LogP contribution < -0.4 is 10.9 Å². The highest BCUT2D eigenvalue weighted by Crippen LogP contribution is 2.26. The summed E-state index contributed by atoms with van der Waals surface area (Å²) < 4.78 is 0. The van der Waals surface area contributed by atoms with E-state index in [4.69, 9.17) is 11.6 Å². The maximum absolute atomic E-state index is 12.7. The van der Waals surface area contributed by atoms with E-state index in [0.717, 1.165) is 16.7 Å². The third-order valence-electron chi connectivity index (χ3n) is 4.10. The lowest BCUT2D eigenvalue weighted by Gasteiger charge is -2.09. The number of rotatable bonds is 3. The van der Waals surface area contributed by atoms with Gasteiger partial charge in [0.15, 0.2) is 5.65 Å². The third kappa shape index (κ3) is 3.05. The molecule has 0 spiro atoms. The molecule has 0 unspecified atom stereocenters. The van der Waals surface area contributed by atoms with Crippen molar-refractivity contribution in [3.63, 3.8) is 0 Å². The van der Waals surface area contributed by atoms with E-state index in [9.17, 15) is 4.79 Å². The molecule has 4 aromatic rings. The van der Waals surface area contributed by atoms with Crippen LogP contribution in [0.1, 0.15) is 5.56 Å². The number of nitrogens with one attached hydrogen (secondary N) is 2. The number of fused-ring (bicyclic) bond motifs is 1. The van der Waals surface area contributed by atoms with Crippen molar-refractivity contribution >= 4 is 34.3 Å². The van der Waals surface area contributed by atoms with Crippen molar-refractivity contribution in [1.29, 1.82) is 0 Å². The molecule has 0 aliphatic rings. The summed E-state index contributed by atoms with van der Waals surface area (Å²) in [6, 6.07) is 17.1. The van der Waals surface area contributed by atoms with Crippen molar-refractivity contribution in [3.05, 3.63) is 81.7 Å². The Hall–Kier alpha value is -3.18. The number of aryl methyl sites for hydroxylation is 1. The molecule has 0 aliphatic carbocycles. The van der Waals surface area contributed by atoms with Crippen LogP contribution in [0.15, 0.2) is 65.6 Å². The van der Waals surface area contributed by atoms with E-state index in [0.29, 0.717) is 27.7 Å². The molecule has 2 N–H and O–H groups in total. The van der Waals surface area contributed by atoms with Gasteiger partial charge in [0.05, 0.1) is 16.1 Å². The zero-order chi connectivity index (χ0) is 18.1. The monoisotopic (exact) mass is 362 g/mol. The molecule has 0 radical (unpaired) electrons. The first-order valence-electron chi connectivity index (χ1n) is 8.09. The van der Waals surface area contributed by atoms with E-state index >= 15 is 0 Å². The minimum absolute atomic E-state index is 0.256. The summed E-state index contributed by atoms with van der Waals surface area (Å²) in [4.78, 5) is 24.2. The first-order chi connectivity index (χ1) is 12.6. The average molecular weight is 363 g/mol. The van der Waals surface area contributed by atoms with Crippen LogP contribution in [0.4, 0.5) is 11.6 Å². The molecule has 0 fully saturated rings. The van der Waals surface area contributed by atoms with Crippen LogP contribution in [0.25, 0.3) is 22.2 Å². The maximum atomic E-state index is 12.7. The van der Waals surface area contributed by atoms with Gasteiger partial charge in [-0.2, -0.15) is 4.98 Å². The number of hydrogen-bond acceptors (Lipinski definition) is 4. The van der Waals surface area contributed by atoms with Crippen LogP contribution in [0, 0.1) is 6.92 Å². The van der Waals surface area contributed by atoms with Gasteiger partial charge in [-0.25, -0.2) is 4.98 Å². The molecule has 0 aliphatic heterocycles. The molecule has 4 rings (SSSR count). The number of aromatic nitrogens is 3. The van der Waals surface area contributed by atoms with Crippen molar-refractivity contribution in [1.82, 2.24) is 15.0 Å². The number of pyridine rings is 1. The lowest BCUT2D eigenvalue weighted by molar-refractivity contribution is 1.14. The van der Waals surface area contributed by atoms with Crippen molar-refractivity contribution in [3.8, 4) is 11.1 Å². The van der Waals surface area contributed by atoms with Gasteiger partial charge in [-0.3, -0.25) is 9.78 Å². The van der Waals surface area contributed by atoms with E-state index < -0.39 is 0 Å². The highest BCUT2D eigenvalue weighted by Gasteiger charge is 2.12. The second-order valence-electron chi connectivity index (χ2n) is 5.94. The normalized spacial score (nSPS) is 10.8. The standard InChI is InChI=1S/C20H15ClN4O/c1-12-6-8-13(9-7-12)14-10-11-22-18-17(14)19(26)25-20(24-18)23-16-5-3-2-4-15(16)21/h2-11H,1H3,(H2,22,23,24,25,26). The highest BCUT2D eigenvalue weighted by atomic mass is 35.5. The first-order valence-corrected chi connectivity index (χ1v) is 8.47. The SMILES string of the molecule is Cc1ccc(-c2ccnc3nc(Nc4ccccc4Cl)[nH]c(=O)c23)cc1. The zero-order valence-corrected chi connectivity index (χ0v) is 14.7. The summed E-state index contributed by atoms with van der Waals surface area (Å²) in [5, 5.41) is 4.03. The quantitative estimate of drug-likeness (QED) is 0.554. The molecule has 2 aromatic carbocycles. The lowest BCUT2D eigenvalue weighted by atomic mass is 10.0. The molecule has 2 heterocycles. The number of aromatic amines is 1. The third-order valence-corrected chi connectivity index (χ3v) is 4.43. The van der Waals surface area contributed by atoms with E-state index in [1.807, 2.05) is 55.5 Å². The molecule has 2 aromatic heterocycles. The van der Waals surface area contributed by atoms with Crippen LogP contribution in [-0.2, 0) is 0 Å². The van der Waals surface area contributed by atoms with Crippen LogP contribution >= 0.6 is 11.6 Å². The Morgan fingerprint density at radius 3 is 2.58 bits per heavy atom. The van der Waals surface area contributed by atoms with Crippen LogP contribution in [0.2, 0.25) is 5.02 Å². The van der Waals surface area contributed by atoms with Gasteiger partial charge in [0.1, 0.15) is 0 Å². The summed E-state index contributed by atoms with van der Waals surface area (Å²) in [6.07, 6.45) is 1.66. The number of para-hydroxylation sites is 1. The Bertz CT molecular complexity index is 1150. The topological polar surface area (TPSA) is 70.7 Å². The number of hydrogen-bond donors (Lipinski definition) is 2. The summed E-state index contributed by atoms with van der Waals surface area (Å²) in [5.74, 6) is 0.296. The Balaban J connectivity index is 1.83. The predicted octanol–water partition coefficient (Wildman–Crippen LogP) is 4.69. The number of halogens is 1. The fourth-order valence-electron chi connectivity index (χ4n) is 2.79. The van der Waals surface area contributed by atoms with Crippen LogP contribution in [-0.4, -0.2) is 15.0 Å². The van der Waals surface area contributed by atoms with Gasteiger partial charge in [0.25, 0.3) is 5.56 Å². The maximum Gasteiger partial charge on any atom is 0.262 e. The summed E-state index contributed by atoms with van der Waals surface area (Å²) in [7, 11) is 0. The minimum atomic E-state index is -0.256. The second-order valence-corrected chi connectivity index (χ2v) is 6.35. The fraction of sp³-hybridized carbons (Fsp3) is 0.0500. The second kappa shape index (κ2) is 6.61. The molecule has 6 heteroatoms. The lowest BCUT2D eigenvalue weighted by Crippen LogP contribution is -2.13. The zero-order valence-electron chi connectivity index (χ0n) is 14.0. The summed E-state index contributed by atoms with van der Waals surface area (Å²) >= 11 is 6.15. The summed E-state index contributed by atoms with van der Waals surface area (Å²) in [6.45, 7) is 2.02. The average Bonchev–Trinajstić information content (AvgIpc) is 2.64. The Morgan fingerprint density at radius 2 is 1.81 bits per heavy atom. The van der Waals surface area contributed by atoms with Crippen molar-refractivity contribution < 1.29 is 0 Å². The predicted molar refractivity (Wildman–Crippen MR) is 105 cm³/mol. The van der Waals surface area contributed by atoms with E-state index in [1.165, 1.54) is 0 Å². The molecule has 0 saturated heterocycles. The van der Waals surface area contributed by atoms with Gasteiger partial charge < -0.3 is 5.32 Å². The molecule has 0 amide bonds. The molecule has 5 nitrogen and oxygen atoms in total. The molecule has 0 saturated carbocycles. The molecule has 0 atom stereocenters. The molecule has 128 valence electrons. The number of anilines is 2. The van der Waals surface area contributed by atoms with E-state index in [1.54, 1.807) is 12.3 Å². The van der Waals surface area contributed by atoms with Gasteiger partial charge in [-0.1, -0.05) is 53.6 Å². The Labute approximate surface area is 154 Å². The minimum Gasteiger partial charge on any atom is -0.324 e. The molecular weight excluding hydrogens is 348 g/mol. The van der Waals surface area contributed by atoms with Crippen LogP contribution in [0.5, 0.6) is 0 Å². The molecule has 26 heavy (non-hydrogen) atoms. The smallest absolute Gasteiger partial charge is 0.262 e. The highest BCUT2D eigenvalue weighted by molar-refractivity contribution is 6.33. The molecule has 0 bridgehead atoms. The van der Waals surface area contributed by atoms with Gasteiger partial charge in [0, 0.05) is 6.20 Å². The van der Waals surface area contributed by atoms with Crippen molar-refractivity contribution in [2.45, 2.75) is 6.92 Å². The van der Waals surface area contributed by atoms with Crippen LogP contribution in [0.3, 0.4) is 0 Å². The van der Waals surface area contributed by atoms with Gasteiger partial charge >= 0.3 is 0 Å². The largest absolute Gasteiger partial charge is 0.324 e. The van der Waals surface area contributed by atoms with Gasteiger partial charge in [0.2, 0.25) is 5.95 Å². The van der Waals surface area contributed by atoms with Gasteiger partial charge in [-0.05, 0) is 36.2 Å². The Morgan fingerprint density at radius 1 is 1.04 bits per heavy atom. The van der Waals surface area contributed by atoms with Crippen molar-refractivity contribution in [2.75, 3.05) is 5.32 Å². The van der Waals surface area contributed by atoms with E-state index in [-0.39, 0.29) is 5.56 Å². The summed E-state index contributed by atoms with van der Waals surface area (Å²) in [5.41, 5.74) is 3.68. The number of benzene rings is 2. The van der Waals surface area contributed by atoms with Gasteiger partial charge in [-0.15, -0.1) is 0 Å².